The minimum Gasteiger partial charge on any atom is -0.392 e. The normalized spacial score (nSPS) is 17.4. The summed E-state index contributed by atoms with van der Waals surface area (Å²) in [7, 11) is 1.88. The molecule has 19 heavy (non-hydrogen) atoms. The van der Waals surface area contributed by atoms with Gasteiger partial charge >= 0.3 is 0 Å². The summed E-state index contributed by atoms with van der Waals surface area (Å²) >= 11 is 5.10. The van der Waals surface area contributed by atoms with Crippen LogP contribution in [0.4, 0.5) is 0 Å². The molecule has 3 N–H and O–H groups in total. The van der Waals surface area contributed by atoms with E-state index in [1.807, 2.05) is 14.0 Å². The van der Waals surface area contributed by atoms with Crippen molar-refractivity contribution in [3.63, 3.8) is 0 Å². The quantitative estimate of drug-likeness (QED) is 0.813. The summed E-state index contributed by atoms with van der Waals surface area (Å²) in [6, 6.07) is 0. The number of rotatable bonds is 4. The maximum absolute atomic E-state index is 12.4. The molecular formula is C13H20N4OS. The van der Waals surface area contributed by atoms with Gasteiger partial charge in [0.25, 0.3) is 0 Å². The first-order valence-corrected chi connectivity index (χ1v) is 6.94. The molecule has 0 aliphatic heterocycles. The molecule has 2 rings (SSSR count). The summed E-state index contributed by atoms with van der Waals surface area (Å²) in [5, 5.41) is 7.12. The fourth-order valence-corrected chi connectivity index (χ4v) is 2.92. The molecule has 1 aromatic heterocycles. The van der Waals surface area contributed by atoms with Crippen molar-refractivity contribution in [2.24, 2.45) is 18.2 Å². The summed E-state index contributed by atoms with van der Waals surface area (Å²) in [5.74, 6) is -0.0410. The van der Waals surface area contributed by atoms with E-state index in [2.05, 4.69) is 10.4 Å². The second kappa shape index (κ2) is 5.28. The van der Waals surface area contributed by atoms with E-state index >= 15 is 0 Å². The number of amides is 1. The van der Waals surface area contributed by atoms with E-state index < -0.39 is 5.41 Å². The minimum atomic E-state index is -0.633. The van der Waals surface area contributed by atoms with E-state index in [4.69, 9.17) is 18.0 Å². The van der Waals surface area contributed by atoms with E-state index in [1.54, 1.807) is 10.9 Å². The molecule has 0 aromatic carbocycles. The zero-order valence-corrected chi connectivity index (χ0v) is 12.2. The lowest BCUT2D eigenvalue weighted by Crippen LogP contribution is -2.47. The van der Waals surface area contributed by atoms with Gasteiger partial charge in [-0.05, 0) is 19.8 Å². The van der Waals surface area contributed by atoms with Gasteiger partial charge in [0.05, 0.1) is 16.6 Å². The average Bonchev–Trinajstić information content (AvgIpc) is 2.97. The molecule has 0 radical (unpaired) electrons. The molecule has 0 bridgehead atoms. The number of nitrogens with one attached hydrogen (secondary N) is 1. The zero-order chi connectivity index (χ0) is 14.0. The highest BCUT2D eigenvalue weighted by molar-refractivity contribution is 7.80. The van der Waals surface area contributed by atoms with Gasteiger partial charge in [0, 0.05) is 24.8 Å². The highest BCUT2D eigenvalue weighted by Gasteiger charge is 2.43. The van der Waals surface area contributed by atoms with E-state index in [-0.39, 0.29) is 5.91 Å². The largest absolute Gasteiger partial charge is 0.392 e. The van der Waals surface area contributed by atoms with Gasteiger partial charge in [-0.25, -0.2) is 0 Å². The number of hydrogen-bond acceptors (Lipinski definition) is 3. The fourth-order valence-electron chi connectivity index (χ4n) is 2.63. The lowest BCUT2D eigenvalue weighted by Gasteiger charge is -2.26. The molecular weight excluding hydrogens is 260 g/mol. The average molecular weight is 280 g/mol. The Balaban J connectivity index is 2.05. The Kier molecular flexibility index (Phi) is 3.89. The molecule has 0 atom stereocenters. The van der Waals surface area contributed by atoms with Gasteiger partial charge in [-0.2, -0.15) is 5.10 Å². The third-order valence-electron chi connectivity index (χ3n) is 4.14. The van der Waals surface area contributed by atoms with E-state index in [0.717, 1.165) is 36.9 Å². The number of aryl methyl sites for hydroxylation is 1. The molecule has 1 aliphatic carbocycles. The van der Waals surface area contributed by atoms with Crippen molar-refractivity contribution in [3.05, 3.63) is 17.5 Å². The summed E-state index contributed by atoms with van der Waals surface area (Å²) in [6.45, 7) is 2.45. The standard InChI is InChI=1S/C13H20N4OS/c1-9-10(8-16-17(9)2)7-15-12(18)13(11(14)19)5-3-4-6-13/h8H,3-7H2,1-2H3,(H2,14,19)(H,15,18). The van der Waals surface area contributed by atoms with E-state index in [0.29, 0.717) is 11.5 Å². The van der Waals surface area contributed by atoms with Gasteiger partial charge in [0.2, 0.25) is 5.91 Å². The molecule has 0 unspecified atom stereocenters. The number of hydrogen-bond donors (Lipinski definition) is 2. The van der Waals surface area contributed by atoms with Crippen molar-refractivity contribution >= 4 is 23.1 Å². The molecule has 6 heteroatoms. The van der Waals surface area contributed by atoms with Crippen LogP contribution >= 0.6 is 12.2 Å². The fraction of sp³-hybridized carbons (Fsp3) is 0.615. The third-order valence-corrected chi connectivity index (χ3v) is 4.53. The SMILES string of the molecule is Cc1c(CNC(=O)C2(C(N)=S)CCCC2)cnn1C. The molecule has 1 saturated carbocycles. The van der Waals surface area contributed by atoms with Gasteiger partial charge in [0.15, 0.2) is 0 Å². The van der Waals surface area contributed by atoms with Crippen molar-refractivity contribution in [1.29, 1.82) is 0 Å². The molecule has 1 aliphatic rings. The van der Waals surface area contributed by atoms with Gasteiger partial charge in [-0.3, -0.25) is 9.48 Å². The number of nitrogens with zero attached hydrogens (tertiary/aromatic N) is 2. The lowest BCUT2D eigenvalue weighted by atomic mass is 9.85. The maximum Gasteiger partial charge on any atom is 0.233 e. The van der Waals surface area contributed by atoms with Crippen LogP contribution in [0.5, 0.6) is 0 Å². The molecule has 1 fully saturated rings. The van der Waals surface area contributed by atoms with Gasteiger partial charge in [-0.1, -0.05) is 25.1 Å². The number of aromatic nitrogens is 2. The monoisotopic (exact) mass is 280 g/mol. The van der Waals surface area contributed by atoms with Crippen LogP contribution in [-0.4, -0.2) is 20.7 Å². The first kappa shape index (κ1) is 14.0. The van der Waals surface area contributed by atoms with Gasteiger partial charge in [-0.15, -0.1) is 0 Å². The van der Waals surface area contributed by atoms with E-state index in [1.165, 1.54) is 0 Å². The van der Waals surface area contributed by atoms with Crippen molar-refractivity contribution in [3.8, 4) is 0 Å². The topological polar surface area (TPSA) is 72.9 Å². The zero-order valence-electron chi connectivity index (χ0n) is 11.4. The van der Waals surface area contributed by atoms with Crippen LogP contribution in [0.15, 0.2) is 6.20 Å². The summed E-state index contributed by atoms with van der Waals surface area (Å²) in [6.07, 6.45) is 5.32. The molecule has 1 aromatic rings. The summed E-state index contributed by atoms with van der Waals surface area (Å²) < 4.78 is 1.79. The van der Waals surface area contributed by atoms with Crippen molar-refractivity contribution in [1.82, 2.24) is 15.1 Å². The molecule has 0 saturated heterocycles. The van der Waals surface area contributed by atoms with Crippen LogP contribution in [0.1, 0.15) is 36.9 Å². The summed E-state index contributed by atoms with van der Waals surface area (Å²) in [5.41, 5.74) is 7.23. The van der Waals surface area contributed by atoms with Crippen LogP contribution < -0.4 is 11.1 Å². The molecule has 0 spiro atoms. The second-order valence-electron chi connectivity index (χ2n) is 5.21. The lowest BCUT2D eigenvalue weighted by molar-refractivity contribution is -0.127. The van der Waals surface area contributed by atoms with Crippen molar-refractivity contribution < 1.29 is 4.79 Å². The van der Waals surface area contributed by atoms with Crippen molar-refractivity contribution in [2.45, 2.75) is 39.2 Å². The Bertz CT molecular complexity index is 503. The molecule has 5 nitrogen and oxygen atoms in total. The summed E-state index contributed by atoms with van der Waals surface area (Å²) in [4.78, 5) is 12.7. The van der Waals surface area contributed by atoms with Crippen LogP contribution in [0.25, 0.3) is 0 Å². The highest BCUT2D eigenvalue weighted by atomic mass is 32.1. The van der Waals surface area contributed by atoms with Gasteiger partial charge in [0.1, 0.15) is 0 Å². The van der Waals surface area contributed by atoms with Crippen LogP contribution in [0, 0.1) is 12.3 Å². The minimum absolute atomic E-state index is 0.0410. The number of thiocarbonyl (C=S) groups is 1. The molecule has 1 heterocycles. The smallest absolute Gasteiger partial charge is 0.233 e. The van der Waals surface area contributed by atoms with E-state index in [9.17, 15) is 4.79 Å². The Hall–Kier alpha value is -1.43. The van der Waals surface area contributed by atoms with Crippen LogP contribution in [0.3, 0.4) is 0 Å². The third kappa shape index (κ3) is 2.49. The van der Waals surface area contributed by atoms with Crippen LogP contribution in [0.2, 0.25) is 0 Å². The number of carbonyl (C=O) groups excluding carboxylic acids is 1. The first-order chi connectivity index (χ1) is 8.97. The Labute approximate surface area is 118 Å². The Morgan fingerprint density at radius 2 is 2.21 bits per heavy atom. The molecule has 104 valence electrons. The second-order valence-corrected chi connectivity index (χ2v) is 5.65. The maximum atomic E-state index is 12.4. The van der Waals surface area contributed by atoms with Gasteiger partial charge < -0.3 is 11.1 Å². The first-order valence-electron chi connectivity index (χ1n) is 6.53. The Morgan fingerprint density at radius 1 is 1.58 bits per heavy atom. The highest BCUT2D eigenvalue weighted by Crippen LogP contribution is 2.38. The predicted molar refractivity (Wildman–Crippen MR) is 77.5 cm³/mol. The Morgan fingerprint density at radius 3 is 2.68 bits per heavy atom. The number of nitrogens with two attached hydrogens (primary N) is 1. The predicted octanol–water partition coefficient (Wildman–Crippen LogP) is 1.19. The number of carbonyl (C=O) groups is 1. The van der Waals surface area contributed by atoms with Crippen LogP contribution in [-0.2, 0) is 18.4 Å². The van der Waals surface area contributed by atoms with Crippen molar-refractivity contribution in [2.75, 3.05) is 0 Å². The molecule has 1 amide bonds.